The lowest BCUT2D eigenvalue weighted by Crippen LogP contribution is -2.36. The Kier molecular flexibility index (Phi) is 4.99. The van der Waals surface area contributed by atoms with E-state index in [0.29, 0.717) is 23.6 Å². The largest absolute Gasteiger partial charge is 0.480 e. The monoisotopic (exact) mass is 364 g/mol. The molecule has 1 aromatic carbocycles. The molecule has 7 heteroatoms. The lowest BCUT2D eigenvalue weighted by molar-refractivity contribution is -0.147. The van der Waals surface area contributed by atoms with Gasteiger partial charge in [0.1, 0.15) is 5.41 Å². The molecule has 2 aliphatic rings. The van der Waals surface area contributed by atoms with Crippen LogP contribution in [0.3, 0.4) is 0 Å². The fraction of sp³-hybridized carbons (Fsp3) is 0.500. The van der Waals surface area contributed by atoms with Crippen molar-refractivity contribution in [2.45, 2.75) is 51.0 Å². The Bertz CT molecular complexity index is 709. The molecule has 0 aliphatic heterocycles. The van der Waals surface area contributed by atoms with E-state index in [1.165, 1.54) is 18.6 Å². The lowest BCUT2D eigenvalue weighted by atomic mass is 9.95. The maximum atomic E-state index is 12.5. The van der Waals surface area contributed by atoms with E-state index in [1.54, 1.807) is 6.07 Å². The summed E-state index contributed by atoms with van der Waals surface area (Å²) in [6.45, 7) is 0. The number of halogens is 1. The molecule has 0 radical (unpaired) electrons. The summed E-state index contributed by atoms with van der Waals surface area (Å²) in [5.74, 6) is -1.94. The van der Waals surface area contributed by atoms with Gasteiger partial charge in [0.25, 0.3) is 5.91 Å². The minimum absolute atomic E-state index is 0.150. The number of carbonyl (C=O) groups excluding carboxylic acids is 2. The zero-order valence-electron chi connectivity index (χ0n) is 13.8. The van der Waals surface area contributed by atoms with Crippen molar-refractivity contribution in [2.75, 3.05) is 5.32 Å². The summed E-state index contributed by atoms with van der Waals surface area (Å²) in [5.41, 5.74) is -0.676. The molecule has 134 valence electrons. The molecule has 0 bridgehead atoms. The highest BCUT2D eigenvalue weighted by molar-refractivity contribution is 6.34. The van der Waals surface area contributed by atoms with Crippen LogP contribution in [0.1, 0.15) is 55.3 Å². The summed E-state index contributed by atoms with van der Waals surface area (Å²) in [7, 11) is 0. The molecule has 2 fully saturated rings. The van der Waals surface area contributed by atoms with Crippen LogP contribution in [0.25, 0.3) is 0 Å². The number of hydrogen-bond donors (Lipinski definition) is 3. The number of hydrogen-bond acceptors (Lipinski definition) is 3. The maximum Gasteiger partial charge on any atom is 0.319 e. The van der Waals surface area contributed by atoms with E-state index in [-0.39, 0.29) is 17.5 Å². The Morgan fingerprint density at radius 1 is 1.12 bits per heavy atom. The number of carboxylic acids is 1. The van der Waals surface area contributed by atoms with Crippen LogP contribution in [0.5, 0.6) is 0 Å². The van der Waals surface area contributed by atoms with E-state index in [2.05, 4.69) is 10.6 Å². The van der Waals surface area contributed by atoms with Crippen molar-refractivity contribution in [3.05, 3.63) is 28.8 Å². The van der Waals surface area contributed by atoms with Crippen LogP contribution in [0.4, 0.5) is 5.69 Å². The van der Waals surface area contributed by atoms with Crippen LogP contribution in [0, 0.1) is 5.41 Å². The van der Waals surface area contributed by atoms with Crippen LogP contribution < -0.4 is 10.6 Å². The Labute approximate surface area is 150 Å². The average Bonchev–Trinajstić information content (AvgIpc) is 3.39. The summed E-state index contributed by atoms with van der Waals surface area (Å²) in [6.07, 6.45) is 5.98. The van der Waals surface area contributed by atoms with E-state index in [4.69, 9.17) is 11.6 Å². The van der Waals surface area contributed by atoms with Gasteiger partial charge < -0.3 is 15.7 Å². The molecule has 2 saturated carbocycles. The van der Waals surface area contributed by atoms with Crippen LogP contribution in [0.2, 0.25) is 5.02 Å². The third kappa shape index (κ3) is 3.79. The first kappa shape index (κ1) is 17.7. The topological polar surface area (TPSA) is 95.5 Å². The van der Waals surface area contributed by atoms with Crippen molar-refractivity contribution < 1.29 is 19.5 Å². The number of carboxylic acid groups (broad SMARTS) is 1. The Hall–Kier alpha value is -2.08. The normalized spacial score (nSPS) is 19.1. The lowest BCUT2D eigenvalue weighted by Gasteiger charge is -2.23. The molecule has 2 amide bonds. The van der Waals surface area contributed by atoms with Crippen LogP contribution in [0.15, 0.2) is 18.2 Å². The van der Waals surface area contributed by atoms with Crippen molar-refractivity contribution >= 4 is 35.1 Å². The second-order valence-corrected chi connectivity index (χ2v) is 7.25. The molecule has 1 aromatic rings. The van der Waals surface area contributed by atoms with Gasteiger partial charge in [-0.25, -0.2) is 0 Å². The number of carbonyl (C=O) groups is 3. The quantitative estimate of drug-likeness (QED) is 0.699. The molecule has 0 unspecified atom stereocenters. The SMILES string of the molecule is O=C(NC1CCCCC1)c1cc(NC(=O)C2(C(=O)O)CC2)ccc1Cl. The molecule has 0 atom stereocenters. The molecule has 3 N–H and O–H groups in total. The van der Waals surface area contributed by atoms with Crippen molar-refractivity contribution in [1.29, 1.82) is 0 Å². The third-order valence-electron chi connectivity index (χ3n) is 5.00. The molecular formula is C18H21ClN2O4. The van der Waals surface area contributed by atoms with Gasteiger partial charge in [0.15, 0.2) is 0 Å². The summed E-state index contributed by atoms with van der Waals surface area (Å²) in [5, 5.41) is 15.1. The Balaban J connectivity index is 1.70. The number of aliphatic carboxylic acids is 1. The zero-order chi connectivity index (χ0) is 18.0. The third-order valence-corrected chi connectivity index (χ3v) is 5.33. The van der Waals surface area contributed by atoms with Gasteiger partial charge in [0.2, 0.25) is 5.91 Å². The van der Waals surface area contributed by atoms with Crippen molar-refractivity contribution in [3.8, 4) is 0 Å². The van der Waals surface area contributed by atoms with Gasteiger partial charge in [-0.1, -0.05) is 30.9 Å². The molecule has 0 heterocycles. The first-order chi connectivity index (χ1) is 11.9. The molecule has 3 rings (SSSR count). The van der Waals surface area contributed by atoms with E-state index in [0.717, 1.165) is 25.7 Å². The summed E-state index contributed by atoms with van der Waals surface area (Å²) >= 11 is 6.13. The fourth-order valence-corrected chi connectivity index (χ4v) is 3.40. The van der Waals surface area contributed by atoms with Gasteiger partial charge in [0.05, 0.1) is 10.6 Å². The molecule has 0 aromatic heterocycles. The number of nitrogens with one attached hydrogen (secondary N) is 2. The highest BCUT2D eigenvalue weighted by Crippen LogP contribution is 2.46. The first-order valence-corrected chi connectivity index (χ1v) is 8.95. The summed E-state index contributed by atoms with van der Waals surface area (Å²) in [4.78, 5) is 35.9. The van der Waals surface area contributed by atoms with Gasteiger partial charge in [-0.3, -0.25) is 14.4 Å². The van der Waals surface area contributed by atoms with Crippen LogP contribution in [-0.4, -0.2) is 28.9 Å². The van der Waals surface area contributed by atoms with Gasteiger partial charge in [-0.05, 0) is 43.9 Å². The summed E-state index contributed by atoms with van der Waals surface area (Å²) < 4.78 is 0. The van der Waals surface area contributed by atoms with Gasteiger partial charge in [-0.15, -0.1) is 0 Å². The molecule has 6 nitrogen and oxygen atoms in total. The minimum Gasteiger partial charge on any atom is -0.480 e. The average molecular weight is 365 g/mol. The number of anilines is 1. The molecule has 2 aliphatic carbocycles. The first-order valence-electron chi connectivity index (χ1n) is 8.58. The van der Waals surface area contributed by atoms with Gasteiger partial charge in [-0.2, -0.15) is 0 Å². The van der Waals surface area contributed by atoms with Crippen molar-refractivity contribution in [2.24, 2.45) is 5.41 Å². The van der Waals surface area contributed by atoms with Crippen LogP contribution in [-0.2, 0) is 9.59 Å². The van der Waals surface area contributed by atoms with Crippen molar-refractivity contribution in [3.63, 3.8) is 0 Å². The predicted octanol–water partition coefficient (Wildman–Crippen LogP) is 3.21. The molecule has 0 saturated heterocycles. The standard InChI is InChI=1S/C18H21ClN2O4/c19-14-7-6-12(21-16(23)18(8-9-18)17(24)25)10-13(14)15(22)20-11-4-2-1-3-5-11/h6-7,10-11H,1-5,8-9H2,(H,20,22)(H,21,23)(H,24,25). The number of rotatable bonds is 5. The second kappa shape index (κ2) is 7.04. The molecular weight excluding hydrogens is 344 g/mol. The van der Waals surface area contributed by atoms with E-state index in [9.17, 15) is 19.5 Å². The van der Waals surface area contributed by atoms with E-state index < -0.39 is 17.3 Å². The highest BCUT2D eigenvalue weighted by atomic mass is 35.5. The second-order valence-electron chi connectivity index (χ2n) is 6.84. The van der Waals surface area contributed by atoms with E-state index in [1.807, 2.05) is 0 Å². The fourth-order valence-electron chi connectivity index (χ4n) is 3.20. The van der Waals surface area contributed by atoms with Crippen LogP contribution >= 0.6 is 11.6 Å². The molecule has 25 heavy (non-hydrogen) atoms. The van der Waals surface area contributed by atoms with E-state index >= 15 is 0 Å². The predicted molar refractivity (Wildman–Crippen MR) is 93.7 cm³/mol. The van der Waals surface area contributed by atoms with Gasteiger partial charge in [0, 0.05) is 11.7 Å². The van der Waals surface area contributed by atoms with Crippen molar-refractivity contribution in [1.82, 2.24) is 5.32 Å². The highest BCUT2D eigenvalue weighted by Gasteiger charge is 2.57. The summed E-state index contributed by atoms with van der Waals surface area (Å²) in [6, 6.07) is 4.75. The minimum atomic E-state index is -1.33. The Morgan fingerprint density at radius 2 is 1.80 bits per heavy atom. The Morgan fingerprint density at radius 3 is 2.40 bits per heavy atom. The zero-order valence-corrected chi connectivity index (χ0v) is 14.6. The number of benzene rings is 1. The smallest absolute Gasteiger partial charge is 0.319 e. The number of amides is 2. The molecule has 0 spiro atoms. The van der Waals surface area contributed by atoms with Gasteiger partial charge >= 0.3 is 5.97 Å². The maximum absolute atomic E-state index is 12.5.